The molecule has 0 spiro atoms. The molecule has 4 atom stereocenters. The molecule has 0 bridgehead atoms. The number of allylic oxidation sites excluding steroid dienone is 1. The molecule has 0 aliphatic heterocycles. The summed E-state index contributed by atoms with van der Waals surface area (Å²) in [4.78, 5) is 64.0. The number of aromatic nitrogens is 1. The first kappa shape index (κ1) is 37.2. The lowest BCUT2D eigenvalue weighted by Gasteiger charge is -2.29. The van der Waals surface area contributed by atoms with Gasteiger partial charge in [-0.2, -0.15) is 0 Å². The van der Waals surface area contributed by atoms with Crippen LogP contribution in [0.3, 0.4) is 0 Å². The average Bonchev–Trinajstić information content (AvgIpc) is 3.39. The van der Waals surface area contributed by atoms with E-state index in [0.717, 1.165) is 42.7 Å². The third-order valence-electron chi connectivity index (χ3n) is 7.88. The number of para-hydroxylation sites is 1. The fourth-order valence-electron chi connectivity index (χ4n) is 5.23. The second kappa shape index (κ2) is 18.7. The van der Waals surface area contributed by atoms with E-state index in [1.165, 1.54) is 6.08 Å². The van der Waals surface area contributed by atoms with Crippen molar-refractivity contribution in [1.82, 2.24) is 10.3 Å². The molecule has 12 nitrogen and oxygen atoms in total. The standard InChI is InChI=1S/C33H46N2O10/c1-2-3-4-10-17-27(36)28(37)18-11-8-6-5-7-9-15-24(33(45,32(43)44)20-29(38)39)30(40)35-26(31(41)42)19-22-21-34-25-16-13-12-14-23(22)25/h9,12-16,21,24,26-27,34,36,45H,2-8,10-11,17-20H2,1H3,(H,35,40)(H,38,39)(H,41,42)(H,43,44)/b15-9+/t24-,26+,27?,33+/m1/s1. The first-order chi connectivity index (χ1) is 21.4. The molecular weight excluding hydrogens is 584 g/mol. The van der Waals surface area contributed by atoms with Crippen LogP contribution in [0.15, 0.2) is 42.6 Å². The number of unbranched alkanes of at least 4 members (excludes halogenated alkanes) is 7. The van der Waals surface area contributed by atoms with E-state index in [1.54, 1.807) is 30.5 Å². The number of carboxylic acids is 3. The molecule has 1 aromatic carbocycles. The number of amides is 1. The smallest absolute Gasteiger partial charge is 0.337 e. The quantitative estimate of drug-likeness (QED) is 0.0692. The zero-order valence-electron chi connectivity index (χ0n) is 25.7. The van der Waals surface area contributed by atoms with E-state index in [0.29, 0.717) is 44.1 Å². The molecule has 7 N–H and O–H groups in total. The molecule has 248 valence electrons. The van der Waals surface area contributed by atoms with Gasteiger partial charge in [0.2, 0.25) is 5.91 Å². The molecule has 0 aliphatic carbocycles. The van der Waals surface area contributed by atoms with Crippen molar-refractivity contribution in [2.75, 3.05) is 0 Å². The Hall–Kier alpha value is -4.03. The van der Waals surface area contributed by atoms with Crippen LogP contribution in [-0.2, 0) is 30.4 Å². The Morgan fingerprint density at radius 3 is 2.31 bits per heavy atom. The molecule has 1 aromatic heterocycles. The van der Waals surface area contributed by atoms with Crippen LogP contribution in [0.25, 0.3) is 10.9 Å². The normalized spacial score (nSPS) is 14.9. The number of aliphatic carboxylic acids is 3. The summed E-state index contributed by atoms with van der Waals surface area (Å²) < 4.78 is 0. The van der Waals surface area contributed by atoms with E-state index in [2.05, 4.69) is 17.2 Å². The van der Waals surface area contributed by atoms with Crippen molar-refractivity contribution >= 4 is 40.5 Å². The summed E-state index contributed by atoms with van der Waals surface area (Å²) in [6.07, 6.45) is 9.47. The van der Waals surface area contributed by atoms with Crippen LogP contribution >= 0.6 is 0 Å². The molecule has 1 amide bonds. The summed E-state index contributed by atoms with van der Waals surface area (Å²) in [5, 5.41) is 52.8. The first-order valence-electron chi connectivity index (χ1n) is 15.5. The van der Waals surface area contributed by atoms with Gasteiger partial charge in [0.1, 0.15) is 12.1 Å². The Labute approximate surface area is 262 Å². The van der Waals surface area contributed by atoms with Gasteiger partial charge in [0.05, 0.1) is 12.3 Å². The van der Waals surface area contributed by atoms with Gasteiger partial charge in [0.25, 0.3) is 0 Å². The summed E-state index contributed by atoms with van der Waals surface area (Å²) in [6.45, 7) is 2.09. The van der Waals surface area contributed by atoms with E-state index in [1.807, 2.05) is 0 Å². The molecule has 12 heteroatoms. The van der Waals surface area contributed by atoms with Gasteiger partial charge in [-0.05, 0) is 37.3 Å². The Balaban J connectivity index is 2.01. The van der Waals surface area contributed by atoms with E-state index in [4.69, 9.17) is 0 Å². The molecule has 0 saturated carbocycles. The van der Waals surface area contributed by atoms with E-state index < -0.39 is 53.9 Å². The summed E-state index contributed by atoms with van der Waals surface area (Å²) in [7, 11) is 0. The number of aromatic amines is 1. The molecule has 0 fully saturated rings. The maximum Gasteiger partial charge on any atom is 0.337 e. The van der Waals surface area contributed by atoms with Gasteiger partial charge >= 0.3 is 17.9 Å². The fraction of sp³-hybridized carbons (Fsp3) is 0.545. The van der Waals surface area contributed by atoms with Crippen molar-refractivity contribution in [3.05, 3.63) is 48.2 Å². The number of carbonyl (C=O) groups excluding carboxylic acids is 2. The number of nitrogens with one attached hydrogen (secondary N) is 2. The number of aliphatic hydroxyl groups excluding tert-OH is 1. The summed E-state index contributed by atoms with van der Waals surface area (Å²) in [5.41, 5.74) is -1.69. The van der Waals surface area contributed by atoms with Gasteiger partial charge < -0.3 is 35.8 Å². The van der Waals surface area contributed by atoms with Crippen LogP contribution < -0.4 is 5.32 Å². The fourth-order valence-corrected chi connectivity index (χ4v) is 5.23. The van der Waals surface area contributed by atoms with Gasteiger partial charge in [-0.3, -0.25) is 14.4 Å². The van der Waals surface area contributed by atoms with Crippen molar-refractivity contribution in [1.29, 1.82) is 0 Å². The lowest BCUT2D eigenvalue weighted by molar-refractivity contribution is -0.172. The highest BCUT2D eigenvalue weighted by molar-refractivity contribution is 5.95. The largest absolute Gasteiger partial charge is 0.481 e. The number of fused-ring (bicyclic) bond motifs is 1. The van der Waals surface area contributed by atoms with Crippen molar-refractivity contribution in [2.24, 2.45) is 5.92 Å². The van der Waals surface area contributed by atoms with Crippen LogP contribution in [0.2, 0.25) is 0 Å². The molecule has 0 saturated heterocycles. The minimum Gasteiger partial charge on any atom is -0.481 e. The summed E-state index contributed by atoms with van der Waals surface area (Å²) in [6, 6.07) is 5.66. The second-order valence-electron chi connectivity index (χ2n) is 11.5. The number of hydrogen-bond donors (Lipinski definition) is 7. The predicted octanol–water partition coefficient (Wildman–Crippen LogP) is 3.98. The molecule has 1 heterocycles. The summed E-state index contributed by atoms with van der Waals surface area (Å²) >= 11 is 0. The van der Waals surface area contributed by atoms with Gasteiger partial charge in [0.15, 0.2) is 11.4 Å². The zero-order chi connectivity index (χ0) is 33.4. The number of carboxylic acid groups (broad SMARTS) is 3. The number of carbonyl (C=O) groups is 5. The number of hydrogen-bond acceptors (Lipinski definition) is 7. The highest BCUT2D eigenvalue weighted by Crippen LogP contribution is 2.26. The predicted molar refractivity (Wildman–Crippen MR) is 167 cm³/mol. The molecule has 1 unspecified atom stereocenters. The topological polar surface area (TPSA) is 214 Å². The van der Waals surface area contributed by atoms with Gasteiger partial charge in [-0.15, -0.1) is 0 Å². The molecule has 45 heavy (non-hydrogen) atoms. The van der Waals surface area contributed by atoms with Crippen LogP contribution in [0, 0.1) is 5.92 Å². The van der Waals surface area contributed by atoms with Gasteiger partial charge in [-0.25, -0.2) is 9.59 Å². The van der Waals surface area contributed by atoms with Crippen molar-refractivity contribution in [3.8, 4) is 0 Å². The Morgan fingerprint density at radius 2 is 1.64 bits per heavy atom. The van der Waals surface area contributed by atoms with Crippen molar-refractivity contribution in [2.45, 2.75) is 108 Å². The van der Waals surface area contributed by atoms with Crippen LogP contribution in [0.1, 0.15) is 89.5 Å². The van der Waals surface area contributed by atoms with Gasteiger partial charge in [-0.1, -0.05) is 75.8 Å². The third-order valence-corrected chi connectivity index (χ3v) is 7.88. The number of benzene rings is 1. The van der Waals surface area contributed by atoms with Gasteiger partial charge in [0, 0.05) is 29.9 Å². The molecular formula is C33H46N2O10. The maximum absolute atomic E-state index is 13.3. The minimum atomic E-state index is -3.03. The molecule has 0 radical (unpaired) electrons. The average molecular weight is 631 g/mol. The second-order valence-corrected chi connectivity index (χ2v) is 11.5. The maximum atomic E-state index is 13.3. The van der Waals surface area contributed by atoms with Crippen LogP contribution in [0.5, 0.6) is 0 Å². The number of ketones is 1. The van der Waals surface area contributed by atoms with Crippen LogP contribution in [0.4, 0.5) is 0 Å². The summed E-state index contributed by atoms with van der Waals surface area (Å²) in [5.74, 6) is -8.19. The molecule has 2 rings (SSSR count). The minimum absolute atomic E-state index is 0.148. The monoisotopic (exact) mass is 630 g/mol. The Morgan fingerprint density at radius 1 is 0.956 bits per heavy atom. The SMILES string of the molecule is CCCCCCC(O)C(=O)CCCCCC/C=C/[C@H](C(=O)N[C@@H](Cc1c[nH]c2ccccc12)C(=O)O)[C@@](O)(CC(=O)O)C(=O)O. The number of aliphatic hydroxyl groups is 2. The highest BCUT2D eigenvalue weighted by Gasteiger charge is 2.49. The van der Waals surface area contributed by atoms with Crippen molar-refractivity contribution in [3.63, 3.8) is 0 Å². The van der Waals surface area contributed by atoms with Crippen LogP contribution in [-0.4, -0.2) is 77.9 Å². The Kier molecular flexibility index (Phi) is 15.4. The van der Waals surface area contributed by atoms with E-state index in [-0.39, 0.29) is 18.6 Å². The lowest BCUT2D eigenvalue weighted by atomic mass is 9.82. The van der Waals surface area contributed by atoms with E-state index >= 15 is 0 Å². The first-order valence-corrected chi connectivity index (χ1v) is 15.5. The number of Topliss-reactive ketones (excluding diaryl/α,β-unsaturated/α-hetero) is 1. The zero-order valence-corrected chi connectivity index (χ0v) is 25.7. The van der Waals surface area contributed by atoms with Crippen molar-refractivity contribution < 1.29 is 49.5 Å². The molecule has 0 aliphatic rings. The molecule has 2 aromatic rings. The highest BCUT2D eigenvalue weighted by atomic mass is 16.4. The Bertz CT molecular complexity index is 1320. The van der Waals surface area contributed by atoms with E-state index in [9.17, 15) is 49.5 Å². The number of H-pyrrole nitrogens is 1. The third kappa shape index (κ3) is 11.8. The lowest BCUT2D eigenvalue weighted by Crippen LogP contribution is -2.55. The number of rotatable bonds is 23.